The van der Waals surface area contributed by atoms with Crippen molar-refractivity contribution in [2.45, 2.75) is 12.8 Å². The minimum absolute atomic E-state index is 0.129. The molecule has 1 aromatic heterocycles. The van der Waals surface area contributed by atoms with Gasteiger partial charge in [0.1, 0.15) is 0 Å². The molecule has 1 aromatic carbocycles. The number of halogens is 1. The molecule has 0 saturated carbocycles. The minimum atomic E-state index is -0.788. The first-order valence-corrected chi connectivity index (χ1v) is 5.41. The zero-order valence-electron chi connectivity index (χ0n) is 8.90. The van der Waals surface area contributed by atoms with Crippen LogP contribution in [0.3, 0.4) is 0 Å². The van der Waals surface area contributed by atoms with Gasteiger partial charge in [-0.3, -0.25) is 4.79 Å². The number of aryl methyl sites for hydroxylation is 2. The van der Waals surface area contributed by atoms with Gasteiger partial charge in [0.15, 0.2) is 0 Å². The van der Waals surface area contributed by atoms with Gasteiger partial charge in [0.2, 0.25) is 0 Å². The highest BCUT2D eigenvalue weighted by molar-refractivity contribution is 6.35. The lowest BCUT2D eigenvalue weighted by molar-refractivity contribution is -0.136. The van der Waals surface area contributed by atoms with E-state index in [0.717, 1.165) is 16.5 Å². The summed E-state index contributed by atoms with van der Waals surface area (Å²) >= 11 is 6.13. The fourth-order valence-electron chi connectivity index (χ4n) is 1.92. The second-order valence-electron chi connectivity index (χ2n) is 3.79. The van der Waals surface area contributed by atoms with E-state index in [9.17, 15) is 4.79 Å². The van der Waals surface area contributed by atoms with Crippen LogP contribution in [0.4, 0.5) is 0 Å². The van der Waals surface area contributed by atoms with Crippen LogP contribution in [0.5, 0.6) is 0 Å². The predicted molar refractivity (Wildman–Crippen MR) is 63.9 cm³/mol. The molecular formula is C12H12ClNO2. The number of benzene rings is 1. The third-order valence-corrected chi connectivity index (χ3v) is 2.97. The van der Waals surface area contributed by atoms with E-state index >= 15 is 0 Å². The van der Waals surface area contributed by atoms with Crippen LogP contribution < -0.4 is 0 Å². The Kier molecular flexibility index (Phi) is 2.88. The topological polar surface area (TPSA) is 42.2 Å². The normalized spacial score (nSPS) is 10.9. The average molecular weight is 238 g/mol. The molecule has 0 radical (unpaired) electrons. The molecule has 0 fully saturated rings. The van der Waals surface area contributed by atoms with Gasteiger partial charge in [0, 0.05) is 30.6 Å². The molecule has 16 heavy (non-hydrogen) atoms. The van der Waals surface area contributed by atoms with Crippen molar-refractivity contribution < 1.29 is 9.90 Å². The Balaban J connectivity index is 2.49. The van der Waals surface area contributed by atoms with Crippen LogP contribution in [0.15, 0.2) is 24.4 Å². The Morgan fingerprint density at radius 3 is 2.94 bits per heavy atom. The number of hydrogen-bond acceptors (Lipinski definition) is 1. The number of rotatable bonds is 3. The van der Waals surface area contributed by atoms with Gasteiger partial charge < -0.3 is 9.67 Å². The van der Waals surface area contributed by atoms with Gasteiger partial charge in [-0.05, 0) is 24.1 Å². The van der Waals surface area contributed by atoms with Gasteiger partial charge in [-0.15, -0.1) is 0 Å². The van der Waals surface area contributed by atoms with Crippen molar-refractivity contribution in [3.8, 4) is 0 Å². The van der Waals surface area contributed by atoms with Gasteiger partial charge in [0.25, 0.3) is 0 Å². The molecule has 1 heterocycles. The van der Waals surface area contributed by atoms with Crippen molar-refractivity contribution in [3.05, 3.63) is 35.0 Å². The number of carbonyl (C=O) groups is 1. The summed E-state index contributed by atoms with van der Waals surface area (Å²) in [5, 5.41) is 10.3. The molecule has 3 nitrogen and oxygen atoms in total. The molecule has 84 valence electrons. The summed E-state index contributed by atoms with van der Waals surface area (Å²) < 4.78 is 1.97. The van der Waals surface area contributed by atoms with Crippen LogP contribution in [0.2, 0.25) is 5.02 Å². The standard InChI is InChI=1S/C12H12ClNO2/c1-14-7-8(5-6-11(15)16)12-9(13)3-2-4-10(12)14/h2-4,7H,5-6H2,1H3,(H,15,16). The molecule has 0 unspecified atom stereocenters. The van der Waals surface area contributed by atoms with Crippen molar-refractivity contribution in [1.82, 2.24) is 4.57 Å². The monoisotopic (exact) mass is 237 g/mol. The van der Waals surface area contributed by atoms with E-state index in [4.69, 9.17) is 16.7 Å². The lowest BCUT2D eigenvalue weighted by atomic mass is 10.1. The first-order chi connectivity index (χ1) is 7.59. The van der Waals surface area contributed by atoms with Crippen LogP contribution in [-0.4, -0.2) is 15.6 Å². The Morgan fingerprint density at radius 2 is 2.25 bits per heavy atom. The lowest BCUT2D eigenvalue weighted by Gasteiger charge is -1.99. The van der Waals surface area contributed by atoms with Crippen molar-refractivity contribution in [2.24, 2.45) is 7.05 Å². The van der Waals surface area contributed by atoms with Gasteiger partial charge >= 0.3 is 5.97 Å². The Hall–Kier alpha value is -1.48. The zero-order valence-corrected chi connectivity index (χ0v) is 9.66. The quantitative estimate of drug-likeness (QED) is 0.892. The summed E-state index contributed by atoms with van der Waals surface area (Å²) in [5.74, 6) is -0.788. The van der Waals surface area contributed by atoms with Crippen LogP contribution >= 0.6 is 11.6 Å². The molecule has 2 aromatic rings. The van der Waals surface area contributed by atoms with Crippen LogP contribution in [0.25, 0.3) is 10.9 Å². The number of carboxylic acids is 1. The molecule has 2 rings (SSSR count). The predicted octanol–water partition coefficient (Wildman–Crippen LogP) is 2.85. The molecular weight excluding hydrogens is 226 g/mol. The van der Waals surface area contributed by atoms with Crippen molar-refractivity contribution >= 4 is 28.5 Å². The molecule has 4 heteroatoms. The van der Waals surface area contributed by atoms with E-state index in [1.54, 1.807) is 0 Å². The third-order valence-electron chi connectivity index (χ3n) is 2.65. The smallest absolute Gasteiger partial charge is 0.303 e. The SMILES string of the molecule is Cn1cc(CCC(=O)O)c2c(Cl)cccc21. The van der Waals surface area contributed by atoms with E-state index in [1.165, 1.54) is 0 Å². The van der Waals surface area contributed by atoms with Gasteiger partial charge in [-0.25, -0.2) is 0 Å². The summed E-state index contributed by atoms with van der Waals surface area (Å²) in [7, 11) is 1.93. The molecule has 0 aliphatic heterocycles. The summed E-state index contributed by atoms with van der Waals surface area (Å²) in [5.41, 5.74) is 2.03. The number of hydrogen-bond donors (Lipinski definition) is 1. The fourth-order valence-corrected chi connectivity index (χ4v) is 2.21. The number of carboxylic acid groups (broad SMARTS) is 1. The Bertz CT molecular complexity index is 545. The van der Waals surface area contributed by atoms with Gasteiger partial charge in [0.05, 0.1) is 5.02 Å². The summed E-state index contributed by atoms with van der Waals surface area (Å²) in [6.45, 7) is 0. The van der Waals surface area contributed by atoms with E-state index in [2.05, 4.69) is 0 Å². The Labute approximate surface area is 98.3 Å². The summed E-state index contributed by atoms with van der Waals surface area (Å²) in [6, 6.07) is 5.70. The number of aliphatic carboxylic acids is 1. The highest BCUT2D eigenvalue weighted by Gasteiger charge is 2.10. The maximum atomic E-state index is 10.6. The maximum Gasteiger partial charge on any atom is 0.303 e. The maximum absolute atomic E-state index is 10.6. The van der Waals surface area contributed by atoms with Crippen LogP contribution in [0.1, 0.15) is 12.0 Å². The first kappa shape index (κ1) is 11.0. The molecule has 0 saturated heterocycles. The molecule has 0 bridgehead atoms. The first-order valence-electron chi connectivity index (χ1n) is 5.04. The number of aromatic nitrogens is 1. The summed E-state index contributed by atoms with van der Waals surface area (Å²) in [6.07, 6.45) is 2.58. The summed E-state index contributed by atoms with van der Waals surface area (Å²) in [4.78, 5) is 10.6. The second kappa shape index (κ2) is 4.18. The van der Waals surface area contributed by atoms with Crippen molar-refractivity contribution in [1.29, 1.82) is 0 Å². The fraction of sp³-hybridized carbons (Fsp3) is 0.250. The van der Waals surface area contributed by atoms with Crippen LogP contribution in [0, 0.1) is 0 Å². The number of nitrogens with zero attached hydrogens (tertiary/aromatic N) is 1. The van der Waals surface area contributed by atoms with E-state index < -0.39 is 5.97 Å². The lowest BCUT2D eigenvalue weighted by Crippen LogP contribution is -1.96. The van der Waals surface area contributed by atoms with Gasteiger partial charge in [-0.2, -0.15) is 0 Å². The second-order valence-corrected chi connectivity index (χ2v) is 4.20. The van der Waals surface area contributed by atoms with E-state index in [1.807, 2.05) is 36.0 Å². The molecule has 1 N–H and O–H groups in total. The molecule has 0 aliphatic rings. The molecule has 0 spiro atoms. The highest BCUT2D eigenvalue weighted by Crippen LogP contribution is 2.28. The van der Waals surface area contributed by atoms with Crippen molar-refractivity contribution in [2.75, 3.05) is 0 Å². The number of fused-ring (bicyclic) bond motifs is 1. The van der Waals surface area contributed by atoms with Gasteiger partial charge in [-0.1, -0.05) is 17.7 Å². The molecule has 0 atom stereocenters. The van der Waals surface area contributed by atoms with Crippen LogP contribution in [-0.2, 0) is 18.3 Å². The molecule has 0 aliphatic carbocycles. The zero-order chi connectivity index (χ0) is 11.7. The van der Waals surface area contributed by atoms with Crippen molar-refractivity contribution in [3.63, 3.8) is 0 Å². The highest BCUT2D eigenvalue weighted by atomic mass is 35.5. The van der Waals surface area contributed by atoms with E-state index in [0.29, 0.717) is 11.4 Å². The molecule has 0 amide bonds. The Morgan fingerprint density at radius 1 is 1.50 bits per heavy atom. The van der Waals surface area contributed by atoms with E-state index in [-0.39, 0.29) is 6.42 Å². The minimum Gasteiger partial charge on any atom is -0.481 e. The third kappa shape index (κ3) is 1.91. The largest absolute Gasteiger partial charge is 0.481 e. The average Bonchev–Trinajstić information content (AvgIpc) is 2.55.